The average molecular weight is 306 g/mol. The Balaban J connectivity index is 2.19. The van der Waals surface area contributed by atoms with E-state index in [4.69, 9.17) is 0 Å². The Morgan fingerprint density at radius 3 is 2.50 bits per heavy atom. The minimum Gasteiger partial charge on any atom is -0.354 e. The lowest BCUT2D eigenvalue weighted by molar-refractivity contribution is -0.121. The second-order valence-electron chi connectivity index (χ2n) is 4.95. The maximum Gasteiger partial charge on any atom is 0.316 e. The van der Waals surface area contributed by atoms with Gasteiger partial charge >= 0.3 is 6.03 Å². The molecule has 0 spiro atoms. The van der Waals surface area contributed by atoms with Gasteiger partial charge in [0.1, 0.15) is 0 Å². The number of nitrogens with zero attached hydrogens (tertiary/aromatic N) is 1. The van der Waals surface area contributed by atoms with Crippen LogP contribution in [-0.2, 0) is 14.6 Å². The van der Waals surface area contributed by atoms with E-state index in [9.17, 15) is 18.0 Å². The molecular formula is C11H22N4O4S. The maximum absolute atomic E-state index is 11.6. The summed E-state index contributed by atoms with van der Waals surface area (Å²) in [5.41, 5.74) is 0. The molecule has 1 unspecified atom stereocenters. The average Bonchev–Trinajstić information content (AvgIpc) is 2.32. The summed E-state index contributed by atoms with van der Waals surface area (Å²) < 4.78 is 22.8. The van der Waals surface area contributed by atoms with E-state index in [0.29, 0.717) is 19.6 Å². The SMILES string of the molecule is CN(C)C(=O)NCCNC(=O)CC1CS(=O)(=O)CCN1. The Morgan fingerprint density at radius 2 is 1.90 bits per heavy atom. The standard InChI is InChI=1S/C11H22N4O4S/c1-15(2)11(17)14-4-3-13-10(16)7-9-8-20(18,19)6-5-12-9/h9,12H,3-8H2,1-2H3,(H,13,16)(H,14,17). The topological polar surface area (TPSA) is 108 Å². The molecule has 0 aromatic heterocycles. The van der Waals surface area contributed by atoms with Gasteiger partial charge < -0.3 is 20.9 Å². The molecule has 0 aliphatic carbocycles. The predicted molar refractivity (Wildman–Crippen MR) is 75.2 cm³/mol. The molecule has 1 aliphatic heterocycles. The quantitative estimate of drug-likeness (QED) is 0.517. The van der Waals surface area contributed by atoms with Crippen molar-refractivity contribution in [2.75, 3.05) is 45.2 Å². The van der Waals surface area contributed by atoms with Crippen molar-refractivity contribution in [1.29, 1.82) is 0 Å². The fourth-order valence-corrected chi connectivity index (χ4v) is 3.27. The minimum atomic E-state index is -3.03. The van der Waals surface area contributed by atoms with Crippen molar-refractivity contribution >= 4 is 21.8 Å². The summed E-state index contributed by atoms with van der Waals surface area (Å²) in [6.07, 6.45) is 0.126. The van der Waals surface area contributed by atoms with Crippen molar-refractivity contribution < 1.29 is 18.0 Å². The van der Waals surface area contributed by atoms with Crippen LogP contribution in [0.1, 0.15) is 6.42 Å². The van der Waals surface area contributed by atoms with E-state index in [1.54, 1.807) is 14.1 Å². The van der Waals surface area contributed by atoms with E-state index in [1.807, 2.05) is 0 Å². The van der Waals surface area contributed by atoms with Gasteiger partial charge in [0.05, 0.1) is 11.5 Å². The normalized spacial score (nSPS) is 21.0. The highest BCUT2D eigenvalue weighted by atomic mass is 32.2. The fourth-order valence-electron chi connectivity index (χ4n) is 1.82. The van der Waals surface area contributed by atoms with Crippen molar-refractivity contribution in [3.8, 4) is 0 Å². The van der Waals surface area contributed by atoms with Crippen LogP contribution in [0, 0.1) is 0 Å². The second-order valence-corrected chi connectivity index (χ2v) is 7.17. The minimum absolute atomic E-state index is 0.00220. The van der Waals surface area contributed by atoms with Gasteiger partial charge in [-0.05, 0) is 0 Å². The molecule has 3 N–H and O–H groups in total. The molecule has 0 radical (unpaired) electrons. The van der Waals surface area contributed by atoms with Gasteiger partial charge in [0, 0.05) is 46.2 Å². The van der Waals surface area contributed by atoms with Crippen LogP contribution in [0.5, 0.6) is 0 Å². The van der Waals surface area contributed by atoms with Crippen LogP contribution in [-0.4, -0.2) is 76.5 Å². The third-order valence-corrected chi connectivity index (χ3v) is 4.60. The lowest BCUT2D eigenvalue weighted by Crippen LogP contribution is -2.47. The molecule has 8 nitrogen and oxygen atoms in total. The first-order chi connectivity index (χ1) is 9.30. The van der Waals surface area contributed by atoms with Gasteiger partial charge in [-0.25, -0.2) is 13.2 Å². The molecule has 9 heteroatoms. The smallest absolute Gasteiger partial charge is 0.316 e. The summed E-state index contributed by atoms with van der Waals surface area (Å²) in [6.45, 7) is 1.04. The number of hydrogen-bond acceptors (Lipinski definition) is 5. The van der Waals surface area contributed by atoms with Gasteiger partial charge in [-0.2, -0.15) is 0 Å². The first kappa shape index (κ1) is 16.7. The third-order valence-electron chi connectivity index (χ3n) is 2.86. The summed E-state index contributed by atoms with van der Waals surface area (Å²) in [4.78, 5) is 24.2. The number of nitrogens with one attached hydrogen (secondary N) is 3. The molecule has 1 fully saturated rings. The fraction of sp³-hybridized carbons (Fsp3) is 0.818. The Morgan fingerprint density at radius 1 is 1.25 bits per heavy atom. The van der Waals surface area contributed by atoms with Crippen LogP contribution in [0.4, 0.5) is 4.79 Å². The molecule has 0 saturated carbocycles. The van der Waals surface area contributed by atoms with E-state index in [0.717, 1.165) is 0 Å². The molecule has 20 heavy (non-hydrogen) atoms. The number of carbonyl (C=O) groups is 2. The van der Waals surface area contributed by atoms with Crippen LogP contribution >= 0.6 is 0 Å². The van der Waals surface area contributed by atoms with Crippen molar-refractivity contribution in [2.24, 2.45) is 0 Å². The summed E-state index contributed by atoms with van der Waals surface area (Å²) in [6, 6.07) is -0.551. The lowest BCUT2D eigenvalue weighted by atomic mass is 10.2. The molecule has 0 aromatic carbocycles. The highest BCUT2D eigenvalue weighted by Crippen LogP contribution is 2.04. The Labute approximate surface area is 119 Å². The van der Waals surface area contributed by atoms with E-state index >= 15 is 0 Å². The summed E-state index contributed by atoms with van der Waals surface area (Å²) in [5, 5.41) is 8.27. The van der Waals surface area contributed by atoms with Crippen LogP contribution in [0.15, 0.2) is 0 Å². The highest BCUT2D eigenvalue weighted by molar-refractivity contribution is 7.91. The summed E-state index contributed by atoms with van der Waals surface area (Å²) in [5.74, 6) is -0.0989. The van der Waals surface area contributed by atoms with Crippen molar-refractivity contribution in [1.82, 2.24) is 20.9 Å². The van der Waals surface area contributed by atoms with E-state index in [1.165, 1.54) is 4.90 Å². The van der Waals surface area contributed by atoms with Crippen molar-refractivity contribution in [3.05, 3.63) is 0 Å². The number of sulfone groups is 1. The van der Waals surface area contributed by atoms with Crippen LogP contribution in [0.3, 0.4) is 0 Å². The molecule has 116 valence electrons. The zero-order chi connectivity index (χ0) is 15.2. The van der Waals surface area contributed by atoms with Crippen molar-refractivity contribution in [2.45, 2.75) is 12.5 Å². The van der Waals surface area contributed by atoms with Gasteiger partial charge in [-0.1, -0.05) is 0 Å². The van der Waals surface area contributed by atoms with Gasteiger partial charge in [-0.15, -0.1) is 0 Å². The molecule has 1 aliphatic rings. The van der Waals surface area contributed by atoms with Crippen molar-refractivity contribution in [3.63, 3.8) is 0 Å². The lowest BCUT2D eigenvalue weighted by Gasteiger charge is -2.23. The Kier molecular flexibility index (Phi) is 6.21. The maximum atomic E-state index is 11.6. The largest absolute Gasteiger partial charge is 0.354 e. The molecule has 0 aromatic rings. The molecule has 1 rings (SSSR count). The number of urea groups is 1. The first-order valence-electron chi connectivity index (χ1n) is 6.46. The Hall–Kier alpha value is -1.35. The molecular weight excluding hydrogens is 284 g/mol. The first-order valence-corrected chi connectivity index (χ1v) is 8.28. The van der Waals surface area contributed by atoms with E-state index < -0.39 is 9.84 Å². The molecule has 1 saturated heterocycles. The van der Waals surface area contributed by atoms with Gasteiger partial charge in [-0.3, -0.25) is 4.79 Å². The highest BCUT2D eigenvalue weighted by Gasteiger charge is 2.25. The van der Waals surface area contributed by atoms with Gasteiger partial charge in [0.2, 0.25) is 5.91 Å². The van der Waals surface area contributed by atoms with E-state index in [-0.39, 0.29) is 35.9 Å². The van der Waals surface area contributed by atoms with Crippen LogP contribution < -0.4 is 16.0 Å². The number of rotatable bonds is 5. The number of hydrogen-bond donors (Lipinski definition) is 3. The molecule has 1 atom stereocenters. The van der Waals surface area contributed by atoms with Gasteiger partial charge in [0.15, 0.2) is 9.84 Å². The summed E-state index contributed by atoms with van der Waals surface area (Å²) >= 11 is 0. The zero-order valence-corrected chi connectivity index (χ0v) is 12.6. The molecule has 1 heterocycles. The number of amides is 3. The molecule has 0 bridgehead atoms. The predicted octanol–water partition coefficient (Wildman–Crippen LogP) is -1.85. The Bertz CT molecular complexity index is 449. The monoisotopic (exact) mass is 306 g/mol. The van der Waals surface area contributed by atoms with E-state index in [2.05, 4.69) is 16.0 Å². The third kappa shape index (κ3) is 6.20. The van der Waals surface area contributed by atoms with Crippen LogP contribution in [0.2, 0.25) is 0 Å². The number of carbonyl (C=O) groups excluding carboxylic acids is 2. The summed E-state index contributed by atoms with van der Waals surface area (Å²) in [7, 11) is 0.228. The van der Waals surface area contributed by atoms with Gasteiger partial charge in [0.25, 0.3) is 0 Å². The molecule has 3 amide bonds. The van der Waals surface area contributed by atoms with Crippen LogP contribution in [0.25, 0.3) is 0 Å². The second kappa shape index (κ2) is 7.44. The zero-order valence-electron chi connectivity index (χ0n) is 11.8.